The minimum Gasteiger partial charge on any atom is -0.314 e. The van der Waals surface area contributed by atoms with Crippen molar-refractivity contribution in [3.63, 3.8) is 0 Å². The van der Waals surface area contributed by atoms with Crippen molar-refractivity contribution in [2.45, 2.75) is 46.2 Å². The Kier molecular flexibility index (Phi) is 6.56. The lowest BCUT2D eigenvalue weighted by Gasteiger charge is -2.16. The zero-order chi connectivity index (χ0) is 22.0. The Balaban J connectivity index is 1.97. The normalized spacial score (nSPS) is 17.9. The van der Waals surface area contributed by atoms with Crippen LogP contribution in [0.5, 0.6) is 0 Å². The molecule has 0 spiro atoms. The summed E-state index contributed by atoms with van der Waals surface area (Å²) >= 11 is 0. The topological polar surface area (TPSA) is 92.3 Å². The van der Waals surface area contributed by atoms with Gasteiger partial charge in [0.05, 0.1) is 20.2 Å². The second-order valence-electron chi connectivity index (χ2n) is 6.95. The maximum atomic E-state index is 13.4. The average Bonchev–Trinajstić information content (AvgIpc) is 3.21. The lowest BCUT2D eigenvalue weighted by molar-refractivity contribution is -0.139. The van der Waals surface area contributed by atoms with E-state index in [-0.39, 0.29) is 17.5 Å². The molecule has 0 saturated carbocycles. The van der Waals surface area contributed by atoms with Crippen molar-refractivity contribution in [2.75, 3.05) is 13.1 Å². The molecule has 30 heavy (non-hydrogen) atoms. The van der Waals surface area contributed by atoms with Crippen LogP contribution in [-0.2, 0) is 26.0 Å². The highest BCUT2D eigenvalue weighted by molar-refractivity contribution is 7.91. The van der Waals surface area contributed by atoms with E-state index in [1.807, 2.05) is 0 Å². The van der Waals surface area contributed by atoms with Gasteiger partial charge in [-0.1, -0.05) is 18.2 Å². The predicted octanol–water partition coefficient (Wildman–Crippen LogP) is 2.96. The molecule has 1 aliphatic heterocycles. The number of rotatable bonds is 7. The smallest absolute Gasteiger partial charge is 0.314 e. The van der Waals surface area contributed by atoms with Crippen LogP contribution < -0.4 is 10.0 Å². The predicted molar refractivity (Wildman–Crippen MR) is 104 cm³/mol. The molecule has 164 valence electrons. The number of sulfone groups is 1. The minimum atomic E-state index is -4.97. The number of halogens is 3. The first-order valence-electron chi connectivity index (χ1n) is 9.26. The van der Waals surface area contributed by atoms with Gasteiger partial charge < -0.3 is 5.32 Å². The van der Waals surface area contributed by atoms with Crippen molar-refractivity contribution in [1.29, 1.82) is 0 Å². The largest absolute Gasteiger partial charge is 0.417 e. The van der Waals surface area contributed by atoms with Gasteiger partial charge in [-0.05, 0) is 56.1 Å². The van der Waals surface area contributed by atoms with E-state index in [1.54, 1.807) is 6.07 Å². The summed E-state index contributed by atoms with van der Waals surface area (Å²) in [6, 6.07) is 9.02. The van der Waals surface area contributed by atoms with Crippen molar-refractivity contribution >= 4 is 19.9 Å². The molecule has 1 atom stereocenters. The summed E-state index contributed by atoms with van der Waals surface area (Å²) in [6.07, 6.45) is -2.73. The van der Waals surface area contributed by atoms with Gasteiger partial charge >= 0.3 is 6.18 Å². The molecule has 0 aromatic heterocycles. The van der Waals surface area contributed by atoms with E-state index >= 15 is 0 Å². The maximum Gasteiger partial charge on any atom is 0.417 e. The number of benzene rings is 2. The van der Waals surface area contributed by atoms with Gasteiger partial charge in [-0.3, -0.25) is 0 Å². The highest BCUT2D eigenvalue weighted by Gasteiger charge is 2.38. The van der Waals surface area contributed by atoms with Crippen LogP contribution in [0.25, 0.3) is 0 Å². The third-order valence-electron chi connectivity index (χ3n) is 4.86. The first kappa shape index (κ1) is 22.7. The molecule has 2 aromatic rings. The minimum absolute atomic E-state index is 0.0625. The molecule has 0 radical (unpaired) electrons. The Bertz CT molecular complexity index is 1100. The van der Waals surface area contributed by atoms with E-state index in [4.69, 9.17) is 0 Å². The van der Waals surface area contributed by atoms with Crippen LogP contribution in [0.3, 0.4) is 0 Å². The fourth-order valence-electron chi connectivity index (χ4n) is 3.31. The molecule has 0 aliphatic carbocycles. The molecular weight excluding hydrogens is 441 g/mol. The lowest BCUT2D eigenvalue weighted by Crippen LogP contribution is -2.31. The van der Waals surface area contributed by atoms with E-state index in [2.05, 4.69) is 10.0 Å². The van der Waals surface area contributed by atoms with Crippen molar-refractivity contribution in [3.05, 3.63) is 54.1 Å². The van der Waals surface area contributed by atoms with Gasteiger partial charge in [0.1, 0.15) is 0 Å². The van der Waals surface area contributed by atoms with Gasteiger partial charge in [-0.2, -0.15) is 13.2 Å². The van der Waals surface area contributed by atoms with E-state index in [1.165, 1.54) is 24.3 Å². The van der Waals surface area contributed by atoms with Gasteiger partial charge in [0, 0.05) is 12.6 Å². The first-order valence-corrected chi connectivity index (χ1v) is 12.2. The van der Waals surface area contributed by atoms with E-state index < -0.39 is 41.4 Å². The molecule has 1 aliphatic rings. The third kappa shape index (κ3) is 5.02. The van der Waals surface area contributed by atoms with Gasteiger partial charge in [0.2, 0.25) is 19.9 Å². The Morgan fingerprint density at radius 1 is 1.00 bits per heavy atom. The molecule has 6 nitrogen and oxygen atoms in total. The molecular formula is C19H21F3N2O4S2. The molecule has 11 heteroatoms. The number of hydrogen-bond donors (Lipinski definition) is 2. The van der Waals surface area contributed by atoms with Gasteiger partial charge in [0.25, 0.3) is 0 Å². The second kappa shape index (κ2) is 8.66. The highest BCUT2D eigenvalue weighted by atomic mass is 32.2. The van der Waals surface area contributed by atoms with Crippen LogP contribution in [0.1, 0.15) is 24.8 Å². The third-order valence-corrected chi connectivity index (χ3v) is 8.13. The zero-order valence-corrected chi connectivity index (χ0v) is 17.4. The summed E-state index contributed by atoms with van der Waals surface area (Å²) in [5.74, 6) is 0. The Labute approximate surface area is 173 Å². The highest BCUT2D eigenvalue weighted by Crippen LogP contribution is 2.36. The van der Waals surface area contributed by atoms with Crippen LogP contribution in [0.15, 0.2) is 63.2 Å². The SMILES string of the molecule is O=S(=O)(NCC[C@H]1CCCN1)c1cc(S(=O)(=O)c2ccccc2)ccc1C(F)(F)F. The maximum absolute atomic E-state index is 13.4. The van der Waals surface area contributed by atoms with Crippen LogP contribution in [0.2, 0.25) is 0 Å². The summed E-state index contributed by atoms with van der Waals surface area (Å²) in [7, 11) is -8.78. The molecule has 1 saturated heterocycles. The van der Waals surface area contributed by atoms with E-state index in [0.29, 0.717) is 18.6 Å². The summed E-state index contributed by atoms with van der Waals surface area (Å²) < 4.78 is 93.3. The zero-order valence-electron chi connectivity index (χ0n) is 15.8. The summed E-state index contributed by atoms with van der Waals surface area (Å²) in [5.41, 5.74) is -1.42. The van der Waals surface area contributed by atoms with Crippen LogP contribution in [0, 0.1) is 0 Å². The number of alkyl halides is 3. The molecule has 0 unspecified atom stereocenters. The fraction of sp³-hybridized carbons (Fsp3) is 0.368. The van der Waals surface area contributed by atoms with Crippen LogP contribution >= 0.6 is 0 Å². The Morgan fingerprint density at radius 3 is 2.30 bits per heavy atom. The van der Waals surface area contributed by atoms with Crippen molar-refractivity contribution in [2.24, 2.45) is 0 Å². The summed E-state index contributed by atoms with van der Waals surface area (Å²) in [5, 5.41) is 3.17. The summed E-state index contributed by atoms with van der Waals surface area (Å²) in [6.45, 7) is 0.752. The van der Waals surface area contributed by atoms with Gasteiger partial charge in [-0.15, -0.1) is 0 Å². The van der Waals surface area contributed by atoms with Crippen LogP contribution in [0.4, 0.5) is 13.2 Å². The van der Waals surface area contributed by atoms with Crippen molar-refractivity contribution in [1.82, 2.24) is 10.0 Å². The fourth-order valence-corrected chi connectivity index (χ4v) is 5.99. The van der Waals surface area contributed by atoms with E-state index in [9.17, 15) is 30.0 Å². The van der Waals surface area contributed by atoms with Gasteiger partial charge in [-0.25, -0.2) is 21.6 Å². The number of hydrogen-bond acceptors (Lipinski definition) is 5. The molecule has 2 aromatic carbocycles. The molecule has 0 amide bonds. The number of nitrogens with one attached hydrogen (secondary N) is 2. The molecule has 1 fully saturated rings. The molecule has 0 bridgehead atoms. The Morgan fingerprint density at radius 2 is 1.70 bits per heavy atom. The van der Waals surface area contributed by atoms with Crippen molar-refractivity contribution in [3.8, 4) is 0 Å². The molecule has 3 rings (SSSR count). The van der Waals surface area contributed by atoms with Crippen molar-refractivity contribution < 1.29 is 30.0 Å². The lowest BCUT2D eigenvalue weighted by atomic mass is 10.2. The summed E-state index contributed by atoms with van der Waals surface area (Å²) in [4.78, 5) is -1.78. The average molecular weight is 463 g/mol. The first-order chi connectivity index (χ1) is 14.0. The quantitative estimate of drug-likeness (QED) is 0.660. The number of sulfonamides is 1. The second-order valence-corrected chi connectivity index (χ2v) is 10.6. The molecule has 2 N–H and O–H groups in total. The molecule has 1 heterocycles. The van der Waals surface area contributed by atoms with E-state index in [0.717, 1.165) is 25.5 Å². The van der Waals surface area contributed by atoms with Crippen LogP contribution in [-0.4, -0.2) is 36.0 Å². The monoisotopic (exact) mass is 462 g/mol. The standard InChI is InChI=1S/C19H21F3N2O4S2/c20-19(21,22)17-9-8-16(29(25,26)15-6-2-1-3-7-15)13-18(17)30(27,28)24-12-10-14-5-4-11-23-14/h1-3,6-9,13-14,23-24H,4-5,10-12H2/t14-/m1/s1. The Hall–Kier alpha value is -1.95. The van der Waals surface area contributed by atoms with Gasteiger partial charge in [0.15, 0.2) is 0 Å².